The fourth-order valence-corrected chi connectivity index (χ4v) is 3.44. The summed E-state index contributed by atoms with van der Waals surface area (Å²) in [6.07, 6.45) is 1.80. The lowest BCUT2D eigenvalue weighted by molar-refractivity contribution is 0.414. The highest BCUT2D eigenvalue weighted by Crippen LogP contribution is 2.28. The summed E-state index contributed by atoms with van der Waals surface area (Å²) in [5.74, 6) is 2.59. The van der Waals surface area contributed by atoms with E-state index < -0.39 is 0 Å². The molecule has 2 aromatic heterocycles. The van der Waals surface area contributed by atoms with Gasteiger partial charge in [0, 0.05) is 25.9 Å². The zero-order valence-corrected chi connectivity index (χ0v) is 15.9. The van der Waals surface area contributed by atoms with Crippen molar-refractivity contribution in [3.05, 3.63) is 36.2 Å². The molecule has 0 amide bonds. The van der Waals surface area contributed by atoms with Gasteiger partial charge in [-0.1, -0.05) is 23.9 Å². The molecule has 132 valence electrons. The molecule has 0 atom stereocenters. The third kappa shape index (κ3) is 3.71. The van der Waals surface area contributed by atoms with E-state index in [0.717, 1.165) is 46.7 Å². The second kappa shape index (κ2) is 7.74. The van der Waals surface area contributed by atoms with Gasteiger partial charge in [0.2, 0.25) is 0 Å². The summed E-state index contributed by atoms with van der Waals surface area (Å²) in [7, 11) is 3.64. The highest BCUT2D eigenvalue weighted by molar-refractivity contribution is 7.98. The molecule has 1 aromatic carbocycles. The van der Waals surface area contributed by atoms with Crippen LogP contribution in [0.1, 0.15) is 19.4 Å². The molecule has 0 saturated heterocycles. The summed E-state index contributed by atoms with van der Waals surface area (Å²) in [6.45, 7) is 6.04. The van der Waals surface area contributed by atoms with Crippen molar-refractivity contribution >= 4 is 28.7 Å². The van der Waals surface area contributed by atoms with Crippen LogP contribution in [0.15, 0.2) is 35.7 Å². The van der Waals surface area contributed by atoms with E-state index in [-0.39, 0.29) is 0 Å². The predicted octanol–water partition coefficient (Wildman–Crippen LogP) is 3.51. The number of imidazole rings is 1. The van der Waals surface area contributed by atoms with Crippen molar-refractivity contribution in [1.82, 2.24) is 19.5 Å². The van der Waals surface area contributed by atoms with E-state index in [2.05, 4.69) is 35.9 Å². The summed E-state index contributed by atoms with van der Waals surface area (Å²) < 4.78 is 7.15. The Morgan fingerprint density at radius 1 is 1.12 bits per heavy atom. The quantitative estimate of drug-likeness (QED) is 0.476. The number of methoxy groups -OCH3 is 1. The van der Waals surface area contributed by atoms with Gasteiger partial charge in [-0.25, -0.2) is 15.0 Å². The van der Waals surface area contributed by atoms with Crippen molar-refractivity contribution in [2.24, 2.45) is 7.05 Å². The molecule has 0 aliphatic rings. The lowest BCUT2D eigenvalue weighted by Gasteiger charge is -2.20. The van der Waals surface area contributed by atoms with E-state index in [1.54, 1.807) is 25.2 Å². The number of thioether (sulfide) groups is 1. The molecule has 7 heteroatoms. The van der Waals surface area contributed by atoms with Gasteiger partial charge >= 0.3 is 0 Å². The molecule has 3 rings (SSSR count). The number of fused-ring (bicyclic) bond motifs is 1. The van der Waals surface area contributed by atoms with E-state index >= 15 is 0 Å². The molecule has 2 heterocycles. The van der Waals surface area contributed by atoms with Crippen LogP contribution in [-0.2, 0) is 12.8 Å². The van der Waals surface area contributed by atoms with Crippen LogP contribution in [0.25, 0.3) is 11.2 Å². The summed E-state index contributed by atoms with van der Waals surface area (Å²) in [5.41, 5.74) is 2.94. The summed E-state index contributed by atoms with van der Waals surface area (Å²) in [4.78, 5) is 16.2. The highest BCUT2D eigenvalue weighted by atomic mass is 32.2. The first-order valence-corrected chi connectivity index (χ1v) is 9.34. The molecule has 3 aromatic rings. The number of nitrogens with zero attached hydrogens (tertiary/aromatic N) is 5. The molecule has 0 spiro atoms. The van der Waals surface area contributed by atoms with Crippen LogP contribution in [0.2, 0.25) is 0 Å². The summed E-state index contributed by atoms with van der Waals surface area (Å²) >= 11 is 1.64. The fraction of sp³-hybridized carbons (Fsp3) is 0.389. The van der Waals surface area contributed by atoms with Crippen LogP contribution in [-0.4, -0.2) is 39.7 Å². The van der Waals surface area contributed by atoms with E-state index in [4.69, 9.17) is 14.7 Å². The van der Waals surface area contributed by atoms with Gasteiger partial charge < -0.3 is 14.2 Å². The van der Waals surface area contributed by atoms with Crippen LogP contribution in [0.3, 0.4) is 0 Å². The highest BCUT2D eigenvalue weighted by Gasteiger charge is 2.16. The molecule has 0 fully saturated rings. The number of benzene rings is 1. The average molecular weight is 357 g/mol. The van der Waals surface area contributed by atoms with Crippen LogP contribution in [0.5, 0.6) is 5.75 Å². The van der Waals surface area contributed by atoms with Crippen LogP contribution >= 0.6 is 11.8 Å². The van der Waals surface area contributed by atoms with Crippen molar-refractivity contribution in [3.8, 4) is 5.75 Å². The molecule has 0 unspecified atom stereocenters. The third-order valence-corrected chi connectivity index (χ3v) is 5.03. The first-order valence-electron chi connectivity index (χ1n) is 8.36. The van der Waals surface area contributed by atoms with Crippen molar-refractivity contribution in [3.63, 3.8) is 0 Å². The largest absolute Gasteiger partial charge is 0.497 e. The predicted molar refractivity (Wildman–Crippen MR) is 102 cm³/mol. The van der Waals surface area contributed by atoms with Gasteiger partial charge in [0.25, 0.3) is 0 Å². The van der Waals surface area contributed by atoms with Gasteiger partial charge in [0.05, 0.1) is 13.4 Å². The Kier molecular flexibility index (Phi) is 5.43. The zero-order valence-electron chi connectivity index (χ0n) is 15.1. The SMILES string of the molecule is CCN(CC)c1nc(SCc2ccc(OC)cc2)nc2c1ncn2C. The Hall–Kier alpha value is -2.28. The van der Waals surface area contributed by atoms with Crippen molar-refractivity contribution in [1.29, 1.82) is 0 Å². The minimum atomic E-state index is 0.772. The standard InChI is InChI=1S/C18H23N5OS/c1-5-23(6-2)17-15-16(22(3)12-19-15)20-18(21-17)25-11-13-7-9-14(24-4)10-8-13/h7-10,12H,5-6,11H2,1-4H3. The molecule has 0 aliphatic carbocycles. The molecule has 25 heavy (non-hydrogen) atoms. The van der Waals surface area contributed by atoms with Gasteiger partial charge in [0.1, 0.15) is 5.75 Å². The lowest BCUT2D eigenvalue weighted by atomic mass is 10.2. The molecular weight excluding hydrogens is 334 g/mol. The smallest absolute Gasteiger partial charge is 0.191 e. The topological polar surface area (TPSA) is 56.1 Å². The molecule has 0 bridgehead atoms. The molecule has 0 N–H and O–H groups in total. The Labute approximate surface area is 152 Å². The normalized spacial score (nSPS) is 11.0. The molecule has 0 aliphatic heterocycles. The first kappa shape index (κ1) is 17.5. The van der Waals surface area contributed by atoms with Crippen molar-refractivity contribution in [2.75, 3.05) is 25.1 Å². The number of aromatic nitrogens is 4. The minimum absolute atomic E-state index is 0.772. The second-order valence-corrected chi connectivity index (χ2v) is 6.61. The average Bonchev–Trinajstić information content (AvgIpc) is 3.02. The number of rotatable bonds is 7. The first-order chi connectivity index (χ1) is 12.2. The maximum atomic E-state index is 5.20. The summed E-state index contributed by atoms with van der Waals surface area (Å²) in [6, 6.07) is 8.09. The molecule has 0 saturated carbocycles. The van der Waals surface area contributed by atoms with E-state index in [1.165, 1.54) is 5.56 Å². The van der Waals surface area contributed by atoms with Crippen molar-refractivity contribution in [2.45, 2.75) is 24.8 Å². The monoisotopic (exact) mass is 357 g/mol. The van der Waals surface area contributed by atoms with E-state index in [9.17, 15) is 0 Å². The van der Waals surface area contributed by atoms with Crippen LogP contribution in [0, 0.1) is 0 Å². The maximum absolute atomic E-state index is 5.20. The van der Waals surface area contributed by atoms with E-state index in [1.807, 2.05) is 23.7 Å². The Balaban J connectivity index is 1.88. The zero-order chi connectivity index (χ0) is 17.8. The van der Waals surface area contributed by atoms with Gasteiger partial charge in [-0.15, -0.1) is 0 Å². The van der Waals surface area contributed by atoms with Gasteiger partial charge in [-0.05, 0) is 31.5 Å². The number of hydrogen-bond acceptors (Lipinski definition) is 6. The van der Waals surface area contributed by atoms with Crippen LogP contribution in [0.4, 0.5) is 5.82 Å². The molecule has 0 radical (unpaired) electrons. The number of anilines is 1. The van der Waals surface area contributed by atoms with Gasteiger partial charge in [-0.2, -0.15) is 0 Å². The van der Waals surface area contributed by atoms with Crippen LogP contribution < -0.4 is 9.64 Å². The number of aryl methyl sites for hydroxylation is 1. The molecule has 6 nitrogen and oxygen atoms in total. The van der Waals surface area contributed by atoms with Crippen molar-refractivity contribution < 1.29 is 4.74 Å². The number of hydrogen-bond donors (Lipinski definition) is 0. The Morgan fingerprint density at radius 3 is 2.48 bits per heavy atom. The lowest BCUT2D eigenvalue weighted by Crippen LogP contribution is -2.23. The third-order valence-electron chi connectivity index (χ3n) is 4.11. The Morgan fingerprint density at radius 2 is 1.84 bits per heavy atom. The fourth-order valence-electron chi connectivity index (χ4n) is 2.65. The number of ether oxygens (including phenoxy) is 1. The maximum Gasteiger partial charge on any atom is 0.191 e. The Bertz CT molecular complexity index is 843. The van der Waals surface area contributed by atoms with E-state index in [0.29, 0.717) is 0 Å². The van der Waals surface area contributed by atoms with Gasteiger partial charge in [-0.3, -0.25) is 0 Å². The molecular formula is C18H23N5OS. The second-order valence-electron chi connectivity index (χ2n) is 5.67. The van der Waals surface area contributed by atoms with Gasteiger partial charge in [0.15, 0.2) is 22.1 Å². The summed E-state index contributed by atoms with van der Waals surface area (Å²) in [5, 5.41) is 0.772. The minimum Gasteiger partial charge on any atom is -0.497 e.